The fourth-order valence-electron chi connectivity index (χ4n) is 3.19. The van der Waals surface area contributed by atoms with Crippen molar-refractivity contribution in [3.63, 3.8) is 0 Å². The minimum absolute atomic E-state index is 0.733. The Labute approximate surface area is 94.6 Å². The first-order chi connectivity index (χ1) is 7.28. The summed E-state index contributed by atoms with van der Waals surface area (Å²) in [6.45, 7) is 12.5. The number of rotatable bonds is 2. The van der Waals surface area contributed by atoms with E-state index < -0.39 is 0 Å². The second-order valence-corrected chi connectivity index (χ2v) is 5.37. The van der Waals surface area contributed by atoms with E-state index in [0.717, 1.165) is 5.41 Å². The van der Waals surface area contributed by atoms with Gasteiger partial charge in [-0.1, -0.05) is 13.8 Å². The molecular weight excluding hydrogens is 184 g/mol. The molecule has 2 rings (SSSR count). The van der Waals surface area contributed by atoms with E-state index in [1.54, 1.807) is 0 Å². The van der Waals surface area contributed by atoms with Gasteiger partial charge in [-0.25, -0.2) is 0 Å². The van der Waals surface area contributed by atoms with E-state index in [1.165, 1.54) is 65.0 Å². The van der Waals surface area contributed by atoms with E-state index in [-0.39, 0.29) is 0 Å². The van der Waals surface area contributed by atoms with Crippen LogP contribution in [0.1, 0.15) is 39.5 Å². The van der Waals surface area contributed by atoms with Crippen LogP contribution in [0.15, 0.2) is 0 Å². The first kappa shape index (κ1) is 11.4. The van der Waals surface area contributed by atoms with Gasteiger partial charge in [0.2, 0.25) is 0 Å². The Hall–Kier alpha value is -0.0800. The highest BCUT2D eigenvalue weighted by Gasteiger charge is 2.36. The summed E-state index contributed by atoms with van der Waals surface area (Å²) in [5, 5.41) is 0. The SMILES string of the molecule is CCN1CCC2(CC1)CCN(CC)CC2. The molecule has 0 unspecified atom stereocenters. The predicted molar refractivity (Wildman–Crippen MR) is 65.1 cm³/mol. The molecule has 2 aliphatic rings. The molecule has 0 aromatic rings. The Morgan fingerprint density at radius 1 is 0.733 bits per heavy atom. The predicted octanol–water partition coefficient (Wildman–Crippen LogP) is 2.20. The van der Waals surface area contributed by atoms with Gasteiger partial charge < -0.3 is 9.80 Å². The van der Waals surface area contributed by atoms with E-state index in [1.807, 2.05) is 0 Å². The largest absolute Gasteiger partial charge is 0.304 e. The molecule has 0 aliphatic carbocycles. The zero-order valence-corrected chi connectivity index (χ0v) is 10.5. The van der Waals surface area contributed by atoms with Gasteiger partial charge in [-0.3, -0.25) is 0 Å². The maximum absolute atomic E-state index is 2.61. The minimum atomic E-state index is 0.733. The highest BCUT2D eigenvalue weighted by molar-refractivity contribution is 4.90. The van der Waals surface area contributed by atoms with Crippen molar-refractivity contribution in [2.24, 2.45) is 5.41 Å². The molecule has 0 saturated carbocycles. The van der Waals surface area contributed by atoms with Crippen LogP contribution in [0.4, 0.5) is 0 Å². The Morgan fingerprint density at radius 3 is 1.33 bits per heavy atom. The topological polar surface area (TPSA) is 6.48 Å². The van der Waals surface area contributed by atoms with Crippen LogP contribution in [0.3, 0.4) is 0 Å². The molecule has 1 spiro atoms. The fourth-order valence-corrected chi connectivity index (χ4v) is 3.19. The molecule has 88 valence electrons. The molecule has 0 atom stereocenters. The smallest absolute Gasteiger partial charge is 0.00135 e. The molecule has 2 saturated heterocycles. The molecular formula is C13H26N2. The van der Waals surface area contributed by atoms with Gasteiger partial charge in [-0.05, 0) is 70.4 Å². The molecule has 0 amide bonds. The zero-order valence-electron chi connectivity index (χ0n) is 10.5. The first-order valence-corrected chi connectivity index (χ1v) is 6.73. The number of piperidine rings is 2. The fraction of sp³-hybridized carbons (Fsp3) is 1.00. The molecule has 15 heavy (non-hydrogen) atoms. The van der Waals surface area contributed by atoms with Crippen LogP contribution in [0, 0.1) is 5.41 Å². The monoisotopic (exact) mass is 210 g/mol. The van der Waals surface area contributed by atoms with Crippen LogP contribution in [-0.4, -0.2) is 49.1 Å². The van der Waals surface area contributed by atoms with Gasteiger partial charge in [0.1, 0.15) is 0 Å². The van der Waals surface area contributed by atoms with Gasteiger partial charge in [-0.15, -0.1) is 0 Å². The van der Waals surface area contributed by atoms with Crippen LogP contribution in [-0.2, 0) is 0 Å². The van der Waals surface area contributed by atoms with Crippen molar-refractivity contribution in [1.82, 2.24) is 9.80 Å². The van der Waals surface area contributed by atoms with Crippen molar-refractivity contribution >= 4 is 0 Å². The lowest BCUT2D eigenvalue weighted by Gasteiger charge is -2.46. The average molecular weight is 210 g/mol. The first-order valence-electron chi connectivity index (χ1n) is 6.73. The third kappa shape index (κ3) is 2.54. The second-order valence-electron chi connectivity index (χ2n) is 5.37. The van der Waals surface area contributed by atoms with Gasteiger partial charge in [0.05, 0.1) is 0 Å². The van der Waals surface area contributed by atoms with Crippen molar-refractivity contribution in [1.29, 1.82) is 0 Å². The van der Waals surface area contributed by atoms with Gasteiger partial charge in [0, 0.05) is 0 Å². The molecule has 2 nitrogen and oxygen atoms in total. The molecule has 0 aromatic heterocycles. The minimum Gasteiger partial charge on any atom is -0.304 e. The molecule has 2 heterocycles. The summed E-state index contributed by atoms with van der Waals surface area (Å²) in [5.74, 6) is 0. The Balaban J connectivity index is 1.83. The van der Waals surface area contributed by atoms with E-state index in [9.17, 15) is 0 Å². The third-order valence-corrected chi connectivity index (χ3v) is 4.73. The van der Waals surface area contributed by atoms with E-state index in [0.29, 0.717) is 0 Å². The van der Waals surface area contributed by atoms with Crippen molar-refractivity contribution in [3.05, 3.63) is 0 Å². The van der Waals surface area contributed by atoms with Crippen LogP contribution in [0.5, 0.6) is 0 Å². The van der Waals surface area contributed by atoms with Crippen LogP contribution < -0.4 is 0 Å². The van der Waals surface area contributed by atoms with Gasteiger partial charge >= 0.3 is 0 Å². The zero-order chi connectivity index (χ0) is 10.7. The van der Waals surface area contributed by atoms with Crippen LogP contribution >= 0.6 is 0 Å². The standard InChI is InChI=1S/C13H26N2/c1-3-14-9-5-13(6-10-14)7-11-15(4-2)12-8-13/h3-12H2,1-2H3. The molecule has 2 aliphatic heterocycles. The molecule has 0 aromatic carbocycles. The Bertz CT molecular complexity index is 161. The van der Waals surface area contributed by atoms with Gasteiger partial charge in [-0.2, -0.15) is 0 Å². The summed E-state index contributed by atoms with van der Waals surface area (Å²) in [5.41, 5.74) is 0.733. The van der Waals surface area contributed by atoms with E-state index in [2.05, 4.69) is 23.6 Å². The normalized spacial score (nSPS) is 28.4. The summed E-state index contributed by atoms with van der Waals surface area (Å²) in [6, 6.07) is 0. The number of hydrogen-bond acceptors (Lipinski definition) is 2. The Kier molecular flexibility index (Phi) is 3.68. The van der Waals surface area contributed by atoms with Crippen molar-refractivity contribution in [3.8, 4) is 0 Å². The highest BCUT2D eigenvalue weighted by atomic mass is 15.1. The molecule has 2 fully saturated rings. The lowest BCUT2D eigenvalue weighted by molar-refractivity contribution is 0.0384. The quantitative estimate of drug-likeness (QED) is 0.689. The van der Waals surface area contributed by atoms with Gasteiger partial charge in [0.25, 0.3) is 0 Å². The van der Waals surface area contributed by atoms with E-state index >= 15 is 0 Å². The number of nitrogens with zero attached hydrogens (tertiary/aromatic N) is 2. The third-order valence-electron chi connectivity index (χ3n) is 4.73. The number of hydrogen-bond donors (Lipinski definition) is 0. The molecule has 0 bridgehead atoms. The maximum Gasteiger partial charge on any atom is -0.00135 e. The van der Waals surface area contributed by atoms with Crippen molar-refractivity contribution < 1.29 is 0 Å². The summed E-state index contributed by atoms with van der Waals surface area (Å²) >= 11 is 0. The van der Waals surface area contributed by atoms with E-state index in [4.69, 9.17) is 0 Å². The summed E-state index contributed by atoms with van der Waals surface area (Å²) < 4.78 is 0. The summed E-state index contributed by atoms with van der Waals surface area (Å²) in [4.78, 5) is 5.22. The molecule has 0 radical (unpaired) electrons. The van der Waals surface area contributed by atoms with Crippen molar-refractivity contribution in [2.45, 2.75) is 39.5 Å². The average Bonchev–Trinajstić information content (AvgIpc) is 2.31. The number of likely N-dealkylation sites (tertiary alicyclic amines) is 2. The Morgan fingerprint density at radius 2 is 1.07 bits per heavy atom. The lowest BCUT2D eigenvalue weighted by Crippen LogP contribution is -2.46. The second kappa shape index (κ2) is 4.84. The van der Waals surface area contributed by atoms with Gasteiger partial charge in [0.15, 0.2) is 0 Å². The summed E-state index contributed by atoms with van der Waals surface area (Å²) in [7, 11) is 0. The molecule has 2 heteroatoms. The summed E-state index contributed by atoms with van der Waals surface area (Å²) in [6.07, 6.45) is 5.83. The van der Waals surface area contributed by atoms with Crippen LogP contribution in [0.2, 0.25) is 0 Å². The van der Waals surface area contributed by atoms with Crippen LogP contribution in [0.25, 0.3) is 0 Å². The molecule has 0 N–H and O–H groups in total. The highest BCUT2D eigenvalue weighted by Crippen LogP contribution is 2.40. The lowest BCUT2D eigenvalue weighted by atomic mass is 9.71. The maximum atomic E-state index is 2.61. The van der Waals surface area contributed by atoms with Crippen molar-refractivity contribution in [2.75, 3.05) is 39.3 Å².